The summed E-state index contributed by atoms with van der Waals surface area (Å²) in [6, 6.07) is 35.5. The maximum Gasteiger partial charge on any atom is 0.173 e. The molecule has 27 heterocycles. The minimum absolute atomic E-state index is 0.611. The van der Waals surface area contributed by atoms with Crippen molar-refractivity contribution in [2.45, 2.75) is 39.0 Å². The molecule has 23 aliphatic heterocycles. The first-order chi connectivity index (χ1) is 60.3. The van der Waals surface area contributed by atoms with Crippen molar-refractivity contribution in [2.24, 2.45) is 0 Å². The Kier molecular flexibility index (Phi) is 40.8. The van der Waals surface area contributed by atoms with Crippen LogP contribution in [0.1, 0.15) is 35.1 Å². The van der Waals surface area contributed by atoms with Crippen LogP contribution in [-0.2, 0) is 64.1 Å². The first-order valence-electron chi connectivity index (χ1n) is 38.2. The number of hydrogen-bond acceptors (Lipinski definition) is 24. The minimum atomic E-state index is -10.7. The second-order valence-electron chi connectivity index (χ2n) is 27.2. The summed E-state index contributed by atoms with van der Waals surface area (Å²) >= 11 is 30.9. The number of pyridine rings is 4. The number of nitrogens with zero attached hydrogens (tertiary/aromatic N) is 4. The number of thioether (sulfide) groups is 16. The average Bonchev–Trinajstić information content (AvgIpc) is 1.38. The summed E-state index contributed by atoms with van der Waals surface area (Å²) in [5.74, 6) is 7.52. The van der Waals surface area contributed by atoms with Gasteiger partial charge in [0.15, 0.2) is 75.8 Å². The molecule has 0 saturated carbocycles. The fraction of sp³-hybridized carbons (Fsp3) is 0.405. The largest absolute Gasteiger partial charge is 0.201 e. The van der Waals surface area contributed by atoms with Crippen LogP contribution in [0, 0.1) is 0 Å². The van der Waals surface area contributed by atoms with Crippen LogP contribution in [0.4, 0.5) is 101 Å². The number of aromatic nitrogens is 4. The molecule has 0 fully saturated rings. The van der Waals surface area contributed by atoms with Gasteiger partial charge in [-0.1, -0.05) is 143 Å². The zero-order chi connectivity index (χ0) is 94.6. The van der Waals surface area contributed by atoms with Gasteiger partial charge in [-0.25, -0.2) is 18.3 Å². The number of benzene rings is 2. The van der Waals surface area contributed by atoms with Crippen LogP contribution in [0.5, 0.6) is 0 Å². The molecule has 0 N–H and O–H groups in total. The maximum atomic E-state index is 9.87. The molecule has 4 aromatic heterocycles. The van der Waals surface area contributed by atoms with Crippen molar-refractivity contribution in [3.8, 4) is 22.3 Å². The maximum absolute atomic E-state index is 10.7. The van der Waals surface area contributed by atoms with Crippen LogP contribution in [0.3, 0.4) is 0 Å². The van der Waals surface area contributed by atoms with Gasteiger partial charge in [0.1, 0.15) is 0 Å². The zero-order valence-electron chi connectivity index (χ0n) is 67.5. The Morgan fingerprint density at radius 1 is 0.177 bits per heavy atom. The second kappa shape index (κ2) is 47.1. The standard InChI is InChI=1S/C38H52O8S16.C36H32N4.4F6P/c1-3-39-5-7-41-13-21-49-31-33-53-25-17-45-11-9-43-15-23-51-29-30-52-24-16-44-10-12-46-18-26-54-34-32(60-38(62-34)37(59-31)61-33)50-22-14-42-8-6-40-4-2-20-48-28-27(47-19-1)55-35(56-28)36(57-29)58-30;1-2-30-4-3-29(1)25-37-17-9-33(10-18-37)35-13-21-39(22-14-35)27-31-5-7-32(8-6-31)28-40-23-15-36(16-24-40)34-11-19-38(26-30)20-12-34;4*1-7(2,3,4,5)6/h1-26H2;1-24H,25-28H2;;;;/q;+4;4*-1/b36-35?,38-37-;;;;;. The summed E-state index contributed by atoms with van der Waals surface area (Å²) in [6.07, 6.45) is 19.4. The first kappa shape index (κ1) is 112. The number of halogens is 24. The molecule has 0 atom stereocenters. The van der Waals surface area contributed by atoms with E-state index in [9.17, 15) is 101 Å². The van der Waals surface area contributed by atoms with Crippen molar-refractivity contribution in [2.75, 3.05) is 152 Å². The SMILES string of the molecule is C1COCCOCCSC2=C3SCCOCCOCCSC4=C5SCCOCCOCCSC6=C(SCCOCCOCCCSC7=C(SC1)SC(=C(S4)S5)S7)S/C(=C(\S2)S3)S6.F[P-](F)(F)(F)(F)F.F[P-](F)(F)(F)(F)F.F[P-](F)(F)(F)(F)F.F[P-](F)(F)(F)(F)F.c1cc2ccc1C[n+]1ccc(cc1)-c1cc[n+](cc1)Cc1ccc(cc1)C[n+]1ccc(cc1)-c1cc[n+](cc1)C2. The fourth-order valence-corrected chi connectivity index (χ4v) is 34.1. The van der Waals surface area contributed by atoms with E-state index in [1.54, 1.807) is 0 Å². The quantitative estimate of drug-likeness (QED) is 0.0819. The predicted octanol–water partition coefficient (Wildman–Crippen LogP) is 31.7. The monoisotopic (exact) mass is 2250 g/mol. The number of fused-ring (bicyclic) bond motifs is 22. The summed E-state index contributed by atoms with van der Waals surface area (Å²) in [5.41, 5.74) is 10.1. The van der Waals surface area contributed by atoms with E-state index in [1.165, 1.54) is 95.4 Å². The van der Waals surface area contributed by atoms with Gasteiger partial charge in [0.05, 0.1) is 143 Å². The van der Waals surface area contributed by atoms with Crippen molar-refractivity contribution in [3.05, 3.63) is 220 Å². The van der Waals surface area contributed by atoms with Crippen LogP contribution in [0.15, 0.2) is 197 Å². The molecule has 0 unspecified atom stereocenters. The van der Waals surface area contributed by atoms with Gasteiger partial charge in [0, 0.05) is 130 Å². The van der Waals surface area contributed by atoms with Gasteiger partial charge in [0.2, 0.25) is 0 Å². The van der Waals surface area contributed by atoms with Crippen LogP contribution in [0.25, 0.3) is 22.3 Å². The van der Waals surface area contributed by atoms with E-state index in [4.69, 9.17) is 37.9 Å². The van der Waals surface area contributed by atoms with Crippen LogP contribution >= 0.6 is 219 Å². The molecular formula is C74H84F24N4O8P4S16. The fourth-order valence-electron chi connectivity index (χ4n) is 10.6. The van der Waals surface area contributed by atoms with Gasteiger partial charge in [-0.15, -0.1) is 94.1 Å². The molecule has 6 aromatic rings. The third-order valence-corrected chi connectivity index (χ3v) is 38.9. The topological polar surface area (TPSA) is 89.4 Å². The molecule has 29 rings (SSSR count). The predicted molar refractivity (Wildman–Crippen MR) is 506 cm³/mol. The van der Waals surface area contributed by atoms with Crippen molar-refractivity contribution in [1.82, 2.24) is 0 Å². The van der Waals surface area contributed by atoms with Gasteiger partial charge < -0.3 is 37.9 Å². The molecule has 0 aliphatic carbocycles. The zero-order valence-corrected chi connectivity index (χ0v) is 84.2. The van der Waals surface area contributed by atoms with E-state index in [2.05, 4.69) is 165 Å². The average molecular weight is 2250 g/mol. The van der Waals surface area contributed by atoms with Crippen molar-refractivity contribution in [1.29, 1.82) is 0 Å². The van der Waals surface area contributed by atoms with Crippen molar-refractivity contribution < 1.29 is 157 Å². The minimum Gasteiger partial charge on any atom is -0.201 e. The Bertz CT molecular complexity index is 4380. The summed E-state index contributed by atoms with van der Waals surface area (Å²) in [4.78, 5) is 0. The normalized spacial score (nSPS) is 22.0. The Labute approximate surface area is 801 Å². The third-order valence-electron chi connectivity index (χ3n) is 15.8. The Hall–Kier alpha value is -1.20. The van der Waals surface area contributed by atoms with E-state index in [0.29, 0.717) is 92.5 Å². The number of rotatable bonds is 0. The third kappa shape index (κ3) is 54.0. The molecule has 0 saturated heterocycles. The van der Waals surface area contributed by atoms with Gasteiger partial charge >= 0.3 is 132 Å². The molecule has 23 aliphatic rings. The first-order valence-corrected chi connectivity index (χ1v) is 60.8. The molecule has 12 nitrogen and oxygen atoms in total. The Morgan fingerprint density at radius 3 is 0.469 bits per heavy atom. The van der Waals surface area contributed by atoms with E-state index < -0.39 is 31.2 Å². The van der Waals surface area contributed by atoms with Gasteiger partial charge in [-0.3, -0.25) is 0 Å². The van der Waals surface area contributed by atoms with E-state index in [-0.39, 0.29) is 0 Å². The summed E-state index contributed by atoms with van der Waals surface area (Å²) in [5, 5.41) is 0. The molecule has 2 aromatic carbocycles. The summed E-state index contributed by atoms with van der Waals surface area (Å²) < 4.78 is 311. The van der Waals surface area contributed by atoms with Gasteiger partial charge in [0.25, 0.3) is 0 Å². The molecule has 22 bridgehead atoms. The van der Waals surface area contributed by atoms with Gasteiger partial charge in [-0.2, -0.15) is 0 Å². The number of hydrogen-bond donors (Lipinski definition) is 0. The second-order valence-corrected chi connectivity index (χ2v) is 54.9. The van der Waals surface area contributed by atoms with Crippen molar-refractivity contribution in [3.63, 3.8) is 0 Å². The smallest absolute Gasteiger partial charge is 0.173 e. The van der Waals surface area contributed by atoms with E-state index in [0.717, 1.165) is 98.3 Å². The Morgan fingerprint density at radius 2 is 0.315 bits per heavy atom. The molecule has 130 heavy (non-hydrogen) atoms. The molecular weight excluding hydrogens is 2170 g/mol. The van der Waals surface area contributed by atoms with Crippen LogP contribution in [0.2, 0.25) is 0 Å². The Balaban J connectivity index is 0.000000235. The van der Waals surface area contributed by atoms with Crippen LogP contribution < -0.4 is 18.3 Å². The van der Waals surface area contributed by atoms with E-state index >= 15 is 0 Å². The van der Waals surface area contributed by atoms with Crippen molar-refractivity contribution >= 4 is 219 Å². The van der Waals surface area contributed by atoms with E-state index in [1.807, 2.05) is 188 Å². The number of ether oxygens (including phenoxy) is 8. The van der Waals surface area contributed by atoms with Crippen LogP contribution in [-0.4, -0.2) is 152 Å². The molecule has 732 valence electrons. The van der Waals surface area contributed by atoms with Gasteiger partial charge in [-0.05, 0) is 35.1 Å². The summed E-state index contributed by atoms with van der Waals surface area (Å²) in [6.45, 7) is 14.1. The molecule has 0 spiro atoms. The summed E-state index contributed by atoms with van der Waals surface area (Å²) in [7, 11) is -42.6. The molecule has 0 radical (unpaired) electrons. The molecule has 0 amide bonds. The molecule has 56 heteroatoms.